The van der Waals surface area contributed by atoms with E-state index in [0.717, 1.165) is 5.56 Å². The lowest BCUT2D eigenvalue weighted by atomic mass is 10.1. The zero-order valence-electron chi connectivity index (χ0n) is 12.5. The molecule has 0 aliphatic carbocycles. The molecular formula is C17H13N3O3S. The molecule has 1 aliphatic rings. The summed E-state index contributed by atoms with van der Waals surface area (Å²) in [4.78, 5) is 1.93. The zero-order valence-corrected chi connectivity index (χ0v) is 13.3. The maximum Gasteiger partial charge on any atom is 0.285 e. The summed E-state index contributed by atoms with van der Waals surface area (Å²) in [6.07, 6.45) is 1.31. The van der Waals surface area contributed by atoms with Crippen molar-refractivity contribution in [1.29, 1.82) is 0 Å². The number of aromatic nitrogens is 1. The highest BCUT2D eigenvalue weighted by Gasteiger charge is 2.25. The Balaban J connectivity index is 1.64. The van der Waals surface area contributed by atoms with Crippen LogP contribution in [0.2, 0.25) is 0 Å². The third-order valence-electron chi connectivity index (χ3n) is 3.73. The van der Waals surface area contributed by atoms with Crippen LogP contribution >= 0.6 is 0 Å². The summed E-state index contributed by atoms with van der Waals surface area (Å²) in [7, 11) is -3.62. The van der Waals surface area contributed by atoms with Crippen molar-refractivity contribution >= 4 is 22.0 Å². The first kappa shape index (κ1) is 14.6. The molecule has 0 N–H and O–H groups in total. The molecule has 1 aromatic heterocycles. The average molecular weight is 339 g/mol. The molecule has 2 aromatic carbocycles. The van der Waals surface area contributed by atoms with Gasteiger partial charge in [-0.2, -0.15) is 8.42 Å². The molecule has 0 bridgehead atoms. The van der Waals surface area contributed by atoms with E-state index in [9.17, 15) is 8.42 Å². The summed E-state index contributed by atoms with van der Waals surface area (Å²) in [5.41, 5.74) is 2.21. The number of hydrogen-bond acceptors (Lipinski definition) is 5. The minimum atomic E-state index is -3.62. The van der Waals surface area contributed by atoms with E-state index in [-0.39, 0.29) is 4.90 Å². The normalized spacial score (nSPS) is 15.2. The molecule has 0 atom stereocenters. The number of nitrogens with zero attached hydrogens (tertiary/aromatic N) is 3. The number of sulfonamides is 1. The van der Waals surface area contributed by atoms with Gasteiger partial charge in [0.1, 0.15) is 16.9 Å². The van der Waals surface area contributed by atoms with Crippen molar-refractivity contribution in [3.8, 4) is 11.3 Å². The van der Waals surface area contributed by atoms with Crippen LogP contribution < -0.4 is 4.90 Å². The van der Waals surface area contributed by atoms with Crippen LogP contribution in [0.4, 0.5) is 5.69 Å². The number of anilines is 1. The molecule has 0 unspecified atom stereocenters. The standard InChI is InChI=1S/C17H13N3O3S/c21-24(22)17-9-5-4-8-15(17)20(12-18-24)11-14-10-16(23-19-14)13-6-2-1-3-7-13/h1-10,12H,11H2. The van der Waals surface area contributed by atoms with Crippen molar-refractivity contribution in [2.24, 2.45) is 4.40 Å². The predicted molar refractivity (Wildman–Crippen MR) is 90.2 cm³/mol. The highest BCUT2D eigenvalue weighted by molar-refractivity contribution is 7.90. The van der Waals surface area contributed by atoms with Gasteiger partial charge in [0.25, 0.3) is 10.0 Å². The van der Waals surface area contributed by atoms with Crippen molar-refractivity contribution in [3.05, 3.63) is 66.4 Å². The monoisotopic (exact) mass is 339 g/mol. The number of rotatable bonds is 3. The number of benzene rings is 2. The molecular weight excluding hydrogens is 326 g/mol. The molecule has 120 valence electrons. The highest BCUT2D eigenvalue weighted by Crippen LogP contribution is 2.30. The van der Waals surface area contributed by atoms with Crippen molar-refractivity contribution in [2.45, 2.75) is 11.4 Å². The third-order valence-corrected chi connectivity index (χ3v) is 5.00. The Morgan fingerprint density at radius 2 is 1.75 bits per heavy atom. The molecule has 0 fully saturated rings. The Hall–Kier alpha value is -2.93. The van der Waals surface area contributed by atoms with Gasteiger partial charge < -0.3 is 9.42 Å². The summed E-state index contributed by atoms with van der Waals surface area (Å²) in [6, 6.07) is 18.3. The number of para-hydroxylation sites is 1. The maximum atomic E-state index is 12.0. The van der Waals surface area contributed by atoms with Crippen LogP contribution in [-0.2, 0) is 16.6 Å². The molecule has 0 amide bonds. The van der Waals surface area contributed by atoms with E-state index in [1.807, 2.05) is 36.4 Å². The quantitative estimate of drug-likeness (QED) is 0.733. The lowest BCUT2D eigenvalue weighted by Gasteiger charge is -2.23. The van der Waals surface area contributed by atoms with Gasteiger partial charge in [-0.3, -0.25) is 0 Å². The molecule has 1 aliphatic heterocycles. The summed E-state index contributed by atoms with van der Waals surface area (Å²) in [5.74, 6) is 0.667. The van der Waals surface area contributed by atoms with Crippen molar-refractivity contribution in [1.82, 2.24) is 5.16 Å². The van der Waals surface area contributed by atoms with Gasteiger partial charge in [-0.25, -0.2) is 0 Å². The van der Waals surface area contributed by atoms with E-state index in [4.69, 9.17) is 4.52 Å². The smallest absolute Gasteiger partial charge is 0.285 e. The van der Waals surface area contributed by atoms with Gasteiger partial charge in [0, 0.05) is 11.6 Å². The predicted octanol–water partition coefficient (Wildman–Crippen LogP) is 3.08. The fourth-order valence-corrected chi connectivity index (χ4v) is 3.63. The largest absolute Gasteiger partial charge is 0.356 e. The summed E-state index contributed by atoms with van der Waals surface area (Å²) in [6.45, 7) is 0.367. The Bertz CT molecular complexity index is 1010. The Morgan fingerprint density at radius 1 is 1.00 bits per heavy atom. The SMILES string of the molecule is O=S1(=O)N=CN(Cc2cc(-c3ccccc3)on2)c2ccccc21. The van der Waals surface area contributed by atoms with Gasteiger partial charge in [-0.1, -0.05) is 47.6 Å². The fraction of sp³-hybridized carbons (Fsp3) is 0.0588. The fourth-order valence-electron chi connectivity index (χ4n) is 2.58. The summed E-state index contributed by atoms with van der Waals surface area (Å²) < 4.78 is 33.0. The Labute approximate surface area is 139 Å². The molecule has 3 aromatic rings. The molecule has 4 rings (SSSR count). The van der Waals surface area contributed by atoms with Crippen LogP contribution in [0.3, 0.4) is 0 Å². The van der Waals surface area contributed by atoms with Crippen molar-refractivity contribution < 1.29 is 12.9 Å². The number of hydrogen-bond donors (Lipinski definition) is 0. The van der Waals surface area contributed by atoms with Crippen molar-refractivity contribution in [3.63, 3.8) is 0 Å². The third kappa shape index (κ3) is 2.59. The first-order valence-electron chi connectivity index (χ1n) is 7.31. The minimum absolute atomic E-state index is 0.194. The van der Waals surface area contributed by atoms with E-state index in [1.165, 1.54) is 6.34 Å². The molecule has 2 heterocycles. The van der Waals surface area contributed by atoms with Crippen LogP contribution in [0.25, 0.3) is 11.3 Å². The summed E-state index contributed by atoms with van der Waals surface area (Å²) in [5, 5.41) is 4.07. The highest BCUT2D eigenvalue weighted by atomic mass is 32.2. The second kappa shape index (κ2) is 5.61. The molecule has 0 radical (unpaired) electrons. The Morgan fingerprint density at radius 3 is 2.58 bits per heavy atom. The van der Waals surface area contributed by atoms with E-state index >= 15 is 0 Å². The van der Waals surface area contributed by atoms with E-state index in [1.54, 1.807) is 29.2 Å². The van der Waals surface area contributed by atoms with Gasteiger partial charge in [0.05, 0.1) is 12.2 Å². The van der Waals surface area contributed by atoms with E-state index < -0.39 is 10.0 Å². The first-order chi connectivity index (χ1) is 11.6. The average Bonchev–Trinajstić information content (AvgIpc) is 3.07. The lowest BCUT2D eigenvalue weighted by molar-refractivity contribution is 0.424. The van der Waals surface area contributed by atoms with Crippen LogP contribution in [0, 0.1) is 0 Å². The Kier molecular flexibility index (Phi) is 3.42. The topological polar surface area (TPSA) is 75.8 Å². The molecule has 0 saturated heterocycles. The lowest BCUT2D eigenvalue weighted by Crippen LogP contribution is -2.26. The van der Waals surface area contributed by atoms with Crippen LogP contribution in [0.5, 0.6) is 0 Å². The molecule has 0 spiro atoms. The van der Waals surface area contributed by atoms with Gasteiger partial charge in [-0.05, 0) is 12.1 Å². The summed E-state index contributed by atoms with van der Waals surface area (Å²) >= 11 is 0. The minimum Gasteiger partial charge on any atom is -0.356 e. The van der Waals surface area contributed by atoms with Crippen LogP contribution in [-0.4, -0.2) is 19.9 Å². The second-order valence-corrected chi connectivity index (χ2v) is 6.94. The first-order valence-corrected chi connectivity index (χ1v) is 8.75. The van der Waals surface area contributed by atoms with Gasteiger partial charge in [0.2, 0.25) is 0 Å². The van der Waals surface area contributed by atoms with E-state index in [2.05, 4.69) is 9.55 Å². The van der Waals surface area contributed by atoms with Crippen molar-refractivity contribution in [2.75, 3.05) is 4.90 Å². The molecule has 24 heavy (non-hydrogen) atoms. The van der Waals surface area contributed by atoms with Crippen LogP contribution in [0.15, 0.2) is 74.5 Å². The maximum absolute atomic E-state index is 12.0. The van der Waals surface area contributed by atoms with Crippen LogP contribution in [0.1, 0.15) is 5.69 Å². The molecule has 0 saturated carbocycles. The van der Waals surface area contributed by atoms with Gasteiger partial charge >= 0.3 is 0 Å². The zero-order chi connectivity index (χ0) is 16.6. The van der Waals surface area contributed by atoms with E-state index in [0.29, 0.717) is 23.7 Å². The molecule has 6 nitrogen and oxygen atoms in total. The second-order valence-electron chi connectivity index (χ2n) is 5.34. The van der Waals surface area contributed by atoms with Gasteiger partial charge in [-0.15, -0.1) is 4.40 Å². The number of fused-ring (bicyclic) bond motifs is 1. The molecule has 7 heteroatoms. The van der Waals surface area contributed by atoms with Gasteiger partial charge in [0.15, 0.2) is 5.76 Å².